The first kappa shape index (κ1) is 13.9. The molecule has 0 aliphatic heterocycles. The highest BCUT2D eigenvalue weighted by Crippen LogP contribution is 2.37. The van der Waals surface area contributed by atoms with Crippen molar-refractivity contribution < 1.29 is 4.79 Å². The predicted octanol–water partition coefficient (Wildman–Crippen LogP) is 4.41. The van der Waals surface area contributed by atoms with Gasteiger partial charge in [-0.25, -0.2) is 0 Å². The molecule has 2 nitrogen and oxygen atoms in total. The van der Waals surface area contributed by atoms with Crippen molar-refractivity contribution >= 4 is 33.4 Å². The molecule has 2 rings (SSSR count). The first-order chi connectivity index (χ1) is 8.37. The van der Waals surface area contributed by atoms with E-state index in [9.17, 15) is 4.79 Å². The first-order valence-electron chi connectivity index (χ1n) is 6.13. The molecule has 1 unspecified atom stereocenters. The van der Waals surface area contributed by atoms with E-state index in [0.717, 1.165) is 23.7 Å². The minimum atomic E-state index is -0.0739. The van der Waals surface area contributed by atoms with E-state index in [0.29, 0.717) is 16.0 Å². The van der Waals surface area contributed by atoms with Crippen molar-refractivity contribution in [2.24, 2.45) is 5.41 Å². The van der Waals surface area contributed by atoms with Crippen LogP contribution in [0.25, 0.3) is 0 Å². The molecule has 1 aliphatic rings. The summed E-state index contributed by atoms with van der Waals surface area (Å²) in [6.07, 6.45) is 3.24. The van der Waals surface area contributed by atoms with E-state index in [2.05, 4.69) is 35.1 Å². The van der Waals surface area contributed by atoms with E-state index in [1.54, 1.807) is 12.1 Å². The van der Waals surface area contributed by atoms with E-state index < -0.39 is 0 Å². The Kier molecular flexibility index (Phi) is 4.02. The van der Waals surface area contributed by atoms with Gasteiger partial charge in [0.05, 0.1) is 10.6 Å². The smallest absolute Gasteiger partial charge is 0.253 e. The topological polar surface area (TPSA) is 29.1 Å². The summed E-state index contributed by atoms with van der Waals surface area (Å²) in [6, 6.07) is 5.60. The SMILES string of the molecule is CC1(C)CCC(NC(=O)c2ccc(Br)cc2Cl)C1. The van der Waals surface area contributed by atoms with Gasteiger partial charge < -0.3 is 5.32 Å². The predicted molar refractivity (Wildman–Crippen MR) is 78.0 cm³/mol. The molecule has 0 aromatic heterocycles. The fourth-order valence-corrected chi connectivity index (χ4v) is 3.26. The summed E-state index contributed by atoms with van der Waals surface area (Å²) in [5, 5.41) is 3.56. The number of hydrogen-bond donors (Lipinski definition) is 1. The van der Waals surface area contributed by atoms with Gasteiger partial charge in [-0.15, -0.1) is 0 Å². The van der Waals surface area contributed by atoms with Crippen molar-refractivity contribution in [3.05, 3.63) is 33.3 Å². The van der Waals surface area contributed by atoms with Gasteiger partial charge in [0.1, 0.15) is 0 Å². The molecule has 1 fully saturated rings. The molecule has 4 heteroatoms. The van der Waals surface area contributed by atoms with Crippen molar-refractivity contribution in [3.63, 3.8) is 0 Å². The lowest BCUT2D eigenvalue weighted by molar-refractivity contribution is 0.0936. The molecule has 1 saturated carbocycles. The number of rotatable bonds is 2. The summed E-state index contributed by atoms with van der Waals surface area (Å²) in [7, 11) is 0. The lowest BCUT2D eigenvalue weighted by Gasteiger charge is -2.18. The maximum atomic E-state index is 12.1. The van der Waals surface area contributed by atoms with Gasteiger partial charge in [-0.05, 0) is 42.9 Å². The van der Waals surface area contributed by atoms with E-state index in [1.165, 1.54) is 0 Å². The normalized spacial score (nSPS) is 21.9. The summed E-state index contributed by atoms with van der Waals surface area (Å²) < 4.78 is 0.881. The average molecular weight is 331 g/mol. The molecule has 0 heterocycles. The highest BCUT2D eigenvalue weighted by atomic mass is 79.9. The van der Waals surface area contributed by atoms with Gasteiger partial charge in [0, 0.05) is 10.5 Å². The van der Waals surface area contributed by atoms with Crippen LogP contribution in [0.5, 0.6) is 0 Å². The number of carbonyl (C=O) groups is 1. The van der Waals surface area contributed by atoms with Crippen LogP contribution in [-0.2, 0) is 0 Å². The van der Waals surface area contributed by atoms with Crippen LogP contribution < -0.4 is 5.32 Å². The Bertz CT molecular complexity index is 473. The average Bonchev–Trinajstić information content (AvgIpc) is 2.57. The van der Waals surface area contributed by atoms with E-state index >= 15 is 0 Å². The maximum absolute atomic E-state index is 12.1. The molecule has 1 aromatic rings. The molecule has 0 saturated heterocycles. The van der Waals surface area contributed by atoms with E-state index in [4.69, 9.17) is 11.6 Å². The molecule has 1 amide bonds. The van der Waals surface area contributed by atoms with Crippen molar-refractivity contribution in [1.82, 2.24) is 5.32 Å². The van der Waals surface area contributed by atoms with E-state index in [1.807, 2.05) is 6.07 Å². The third kappa shape index (κ3) is 3.27. The zero-order valence-electron chi connectivity index (χ0n) is 10.6. The molecule has 0 radical (unpaired) electrons. The Morgan fingerprint density at radius 3 is 2.78 bits per heavy atom. The highest BCUT2D eigenvalue weighted by Gasteiger charge is 2.31. The summed E-state index contributed by atoms with van der Waals surface area (Å²) in [5.41, 5.74) is 0.881. The molecule has 1 N–H and O–H groups in total. The van der Waals surface area contributed by atoms with Gasteiger partial charge in [-0.2, -0.15) is 0 Å². The monoisotopic (exact) mass is 329 g/mol. The Morgan fingerprint density at radius 1 is 1.50 bits per heavy atom. The first-order valence-corrected chi connectivity index (χ1v) is 7.30. The molecular weight excluding hydrogens is 314 g/mol. The molecule has 1 aliphatic carbocycles. The maximum Gasteiger partial charge on any atom is 0.253 e. The lowest BCUT2D eigenvalue weighted by atomic mass is 9.92. The minimum Gasteiger partial charge on any atom is -0.349 e. The van der Waals surface area contributed by atoms with Gasteiger partial charge in [-0.3, -0.25) is 4.79 Å². The number of benzene rings is 1. The van der Waals surface area contributed by atoms with Gasteiger partial charge in [-0.1, -0.05) is 41.4 Å². The van der Waals surface area contributed by atoms with Crippen molar-refractivity contribution in [2.75, 3.05) is 0 Å². The number of nitrogens with one attached hydrogen (secondary N) is 1. The Labute approximate surface area is 121 Å². The van der Waals surface area contributed by atoms with Crippen molar-refractivity contribution in [1.29, 1.82) is 0 Å². The Balaban J connectivity index is 2.04. The molecule has 0 bridgehead atoms. The Hall–Kier alpha value is -0.540. The van der Waals surface area contributed by atoms with Crippen LogP contribution in [0, 0.1) is 5.41 Å². The summed E-state index contributed by atoms with van der Waals surface area (Å²) in [6.45, 7) is 4.48. The zero-order chi connectivity index (χ0) is 13.3. The van der Waals surface area contributed by atoms with Gasteiger partial charge >= 0.3 is 0 Å². The second-order valence-corrected chi connectivity index (χ2v) is 7.02. The number of carbonyl (C=O) groups excluding carboxylic acids is 1. The number of hydrogen-bond acceptors (Lipinski definition) is 1. The number of halogens is 2. The fraction of sp³-hybridized carbons (Fsp3) is 0.500. The highest BCUT2D eigenvalue weighted by molar-refractivity contribution is 9.10. The quantitative estimate of drug-likeness (QED) is 0.855. The van der Waals surface area contributed by atoms with E-state index in [-0.39, 0.29) is 11.9 Å². The zero-order valence-corrected chi connectivity index (χ0v) is 12.9. The van der Waals surface area contributed by atoms with Crippen LogP contribution in [0.4, 0.5) is 0 Å². The largest absolute Gasteiger partial charge is 0.349 e. The van der Waals surface area contributed by atoms with Crippen LogP contribution in [0.1, 0.15) is 43.5 Å². The number of amides is 1. The summed E-state index contributed by atoms with van der Waals surface area (Å²) in [4.78, 5) is 12.1. The van der Waals surface area contributed by atoms with Crippen LogP contribution in [-0.4, -0.2) is 11.9 Å². The minimum absolute atomic E-state index is 0.0739. The second-order valence-electron chi connectivity index (χ2n) is 5.70. The molecule has 0 spiro atoms. The molecular formula is C14H17BrClNO. The fourth-order valence-electron chi connectivity index (χ4n) is 2.50. The molecule has 98 valence electrons. The van der Waals surface area contributed by atoms with Gasteiger partial charge in [0.15, 0.2) is 0 Å². The van der Waals surface area contributed by atoms with Crippen LogP contribution in [0.3, 0.4) is 0 Å². The van der Waals surface area contributed by atoms with Crippen molar-refractivity contribution in [2.45, 2.75) is 39.2 Å². The van der Waals surface area contributed by atoms with Crippen LogP contribution >= 0.6 is 27.5 Å². The van der Waals surface area contributed by atoms with Gasteiger partial charge in [0.2, 0.25) is 0 Å². The van der Waals surface area contributed by atoms with Gasteiger partial charge in [0.25, 0.3) is 5.91 Å². The second kappa shape index (κ2) is 5.22. The summed E-state index contributed by atoms with van der Waals surface area (Å²) in [5.74, 6) is -0.0739. The standard InChI is InChI=1S/C14H17BrClNO/c1-14(2)6-5-10(8-14)17-13(18)11-4-3-9(15)7-12(11)16/h3-4,7,10H,5-6,8H2,1-2H3,(H,17,18). The molecule has 1 atom stereocenters. The molecule has 1 aromatic carbocycles. The Morgan fingerprint density at radius 2 is 2.22 bits per heavy atom. The molecule has 18 heavy (non-hydrogen) atoms. The summed E-state index contributed by atoms with van der Waals surface area (Å²) >= 11 is 9.41. The third-order valence-corrected chi connectivity index (χ3v) is 4.29. The third-order valence-electron chi connectivity index (χ3n) is 3.48. The van der Waals surface area contributed by atoms with Crippen molar-refractivity contribution in [3.8, 4) is 0 Å². The lowest BCUT2D eigenvalue weighted by Crippen LogP contribution is -2.33. The van der Waals surface area contributed by atoms with Crippen LogP contribution in [0.15, 0.2) is 22.7 Å². The van der Waals surface area contributed by atoms with Crippen LogP contribution in [0.2, 0.25) is 5.02 Å².